The van der Waals surface area contributed by atoms with Crippen molar-refractivity contribution < 1.29 is 0 Å². The first-order chi connectivity index (χ1) is 7.94. The van der Waals surface area contributed by atoms with Crippen LogP contribution in [0.2, 0.25) is 5.02 Å². The minimum atomic E-state index is 0.0407. The van der Waals surface area contributed by atoms with Gasteiger partial charge in [-0.25, -0.2) is 0 Å². The molecule has 2 nitrogen and oxygen atoms in total. The number of rotatable bonds is 1. The van der Waals surface area contributed by atoms with Crippen molar-refractivity contribution >= 4 is 17.3 Å². The topological polar surface area (TPSA) is 27.0 Å². The van der Waals surface area contributed by atoms with Crippen molar-refractivity contribution in [3.8, 4) is 6.07 Å². The predicted octanol–water partition coefficient (Wildman–Crippen LogP) is 3.78. The Bertz CT molecular complexity index is 474. The van der Waals surface area contributed by atoms with Crippen LogP contribution >= 0.6 is 11.6 Å². The molecule has 0 bridgehead atoms. The summed E-state index contributed by atoms with van der Waals surface area (Å²) >= 11 is 5.98. The Kier molecular flexibility index (Phi) is 3.05. The molecule has 90 valence electrons. The third-order valence-electron chi connectivity index (χ3n) is 3.51. The first-order valence-corrected chi connectivity index (χ1v) is 6.25. The summed E-state index contributed by atoms with van der Waals surface area (Å²) in [5.74, 6) is 0.125. The van der Waals surface area contributed by atoms with E-state index >= 15 is 0 Å². The Labute approximate surface area is 108 Å². The fourth-order valence-corrected chi connectivity index (χ4v) is 2.90. The SMILES string of the molecule is Cc1cc(Cl)ccc1N1CC(C#N)CC1(C)C. The van der Waals surface area contributed by atoms with Crippen molar-refractivity contribution in [3.63, 3.8) is 0 Å². The number of nitrogens with zero attached hydrogens (tertiary/aromatic N) is 2. The minimum Gasteiger partial charge on any atom is -0.365 e. The number of benzene rings is 1. The maximum Gasteiger partial charge on any atom is 0.0675 e. The molecule has 1 fully saturated rings. The van der Waals surface area contributed by atoms with Crippen LogP contribution < -0.4 is 4.90 Å². The molecule has 2 rings (SSSR count). The summed E-state index contributed by atoms with van der Waals surface area (Å²) in [6.45, 7) is 7.26. The molecule has 1 aromatic carbocycles. The van der Waals surface area contributed by atoms with Gasteiger partial charge in [0.05, 0.1) is 12.0 Å². The van der Waals surface area contributed by atoms with Crippen molar-refractivity contribution in [1.82, 2.24) is 0 Å². The minimum absolute atomic E-state index is 0.0407. The number of hydrogen-bond donors (Lipinski definition) is 0. The molecular weight excluding hydrogens is 232 g/mol. The number of halogens is 1. The largest absolute Gasteiger partial charge is 0.365 e. The molecule has 1 aliphatic rings. The Morgan fingerprint density at radius 3 is 2.71 bits per heavy atom. The van der Waals surface area contributed by atoms with Crippen LogP contribution in [0.5, 0.6) is 0 Å². The Hall–Kier alpha value is -1.20. The molecule has 17 heavy (non-hydrogen) atoms. The molecule has 0 aromatic heterocycles. The van der Waals surface area contributed by atoms with Gasteiger partial charge in [0.2, 0.25) is 0 Å². The van der Waals surface area contributed by atoms with E-state index in [4.69, 9.17) is 16.9 Å². The van der Waals surface area contributed by atoms with E-state index in [2.05, 4.69) is 37.8 Å². The zero-order valence-corrected chi connectivity index (χ0v) is 11.3. The van der Waals surface area contributed by atoms with Crippen LogP contribution in [0.1, 0.15) is 25.8 Å². The molecule has 1 unspecified atom stereocenters. The maximum absolute atomic E-state index is 9.08. The highest BCUT2D eigenvalue weighted by Crippen LogP contribution is 2.38. The fourth-order valence-electron chi connectivity index (χ4n) is 2.68. The van der Waals surface area contributed by atoms with Crippen molar-refractivity contribution in [2.24, 2.45) is 5.92 Å². The summed E-state index contributed by atoms with van der Waals surface area (Å²) in [5.41, 5.74) is 2.40. The van der Waals surface area contributed by atoms with Gasteiger partial charge in [0.25, 0.3) is 0 Å². The summed E-state index contributed by atoms with van der Waals surface area (Å²) in [5, 5.41) is 9.84. The smallest absolute Gasteiger partial charge is 0.0675 e. The maximum atomic E-state index is 9.08. The van der Waals surface area contributed by atoms with Gasteiger partial charge < -0.3 is 4.90 Å². The lowest BCUT2D eigenvalue weighted by Gasteiger charge is -2.34. The van der Waals surface area contributed by atoms with E-state index in [0.29, 0.717) is 0 Å². The Balaban J connectivity index is 2.37. The number of nitriles is 1. The van der Waals surface area contributed by atoms with Crippen LogP contribution in [0, 0.1) is 24.2 Å². The van der Waals surface area contributed by atoms with Crippen LogP contribution in [0.15, 0.2) is 18.2 Å². The first-order valence-electron chi connectivity index (χ1n) is 5.87. The first kappa shape index (κ1) is 12.3. The Morgan fingerprint density at radius 2 is 2.18 bits per heavy atom. The van der Waals surface area contributed by atoms with E-state index in [1.807, 2.05) is 12.1 Å². The molecule has 0 radical (unpaired) electrons. The van der Waals surface area contributed by atoms with E-state index < -0.39 is 0 Å². The number of aryl methyl sites for hydroxylation is 1. The molecule has 0 spiro atoms. The summed E-state index contributed by atoms with van der Waals surface area (Å²) < 4.78 is 0. The quantitative estimate of drug-likeness (QED) is 0.756. The number of anilines is 1. The van der Waals surface area contributed by atoms with Crippen LogP contribution in [0.3, 0.4) is 0 Å². The molecule has 0 amide bonds. The summed E-state index contributed by atoms with van der Waals surface area (Å²) in [6.07, 6.45) is 0.922. The summed E-state index contributed by atoms with van der Waals surface area (Å²) in [6, 6.07) is 8.33. The van der Waals surface area contributed by atoms with Gasteiger partial charge in [-0.05, 0) is 51.0 Å². The lowest BCUT2D eigenvalue weighted by molar-refractivity contribution is 0.502. The van der Waals surface area contributed by atoms with Gasteiger partial charge in [0.1, 0.15) is 0 Å². The normalized spacial score (nSPS) is 22.5. The zero-order valence-electron chi connectivity index (χ0n) is 10.5. The molecule has 1 atom stereocenters. The molecular formula is C14H17ClN2. The molecule has 0 saturated carbocycles. The van der Waals surface area contributed by atoms with Crippen LogP contribution in [-0.4, -0.2) is 12.1 Å². The fraction of sp³-hybridized carbons (Fsp3) is 0.500. The third-order valence-corrected chi connectivity index (χ3v) is 3.75. The average Bonchev–Trinajstić information content (AvgIpc) is 2.54. The van der Waals surface area contributed by atoms with Crippen molar-refractivity contribution in [2.45, 2.75) is 32.7 Å². The van der Waals surface area contributed by atoms with Gasteiger partial charge in [0, 0.05) is 22.8 Å². The number of hydrogen-bond acceptors (Lipinski definition) is 2. The van der Waals surface area contributed by atoms with Crippen LogP contribution in [0.25, 0.3) is 0 Å². The van der Waals surface area contributed by atoms with Crippen molar-refractivity contribution in [3.05, 3.63) is 28.8 Å². The second kappa shape index (κ2) is 4.23. The van der Waals surface area contributed by atoms with E-state index in [-0.39, 0.29) is 11.5 Å². The predicted molar refractivity (Wildman–Crippen MR) is 71.3 cm³/mol. The molecule has 1 heterocycles. The van der Waals surface area contributed by atoms with E-state index in [1.54, 1.807) is 0 Å². The van der Waals surface area contributed by atoms with Crippen LogP contribution in [0.4, 0.5) is 5.69 Å². The molecule has 1 aliphatic heterocycles. The standard InChI is InChI=1S/C14H17ClN2/c1-10-6-12(15)4-5-13(10)17-9-11(8-16)7-14(17,2)3/h4-6,11H,7,9H2,1-3H3. The van der Waals surface area contributed by atoms with Crippen LogP contribution in [-0.2, 0) is 0 Å². The van der Waals surface area contributed by atoms with Gasteiger partial charge in [-0.1, -0.05) is 11.6 Å². The van der Waals surface area contributed by atoms with Crippen molar-refractivity contribution in [1.29, 1.82) is 5.26 Å². The average molecular weight is 249 g/mol. The third kappa shape index (κ3) is 2.25. The monoisotopic (exact) mass is 248 g/mol. The van der Waals surface area contributed by atoms with Gasteiger partial charge in [-0.3, -0.25) is 0 Å². The lowest BCUT2D eigenvalue weighted by atomic mass is 9.97. The molecule has 1 aromatic rings. The zero-order chi connectivity index (χ0) is 12.6. The lowest BCUT2D eigenvalue weighted by Crippen LogP contribution is -2.38. The highest BCUT2D eigenvalue weighted by Gasteiger charge is 2.38. The van der Waals surface area contributed by atoms with E-state index in [9.17, 15) is 0 Å². The van der Waals surface area contributed by atoms with Gasteiger partial charge in [-0.15, -0.1) is 0 Å². The second-order valence-electron chi connectivity index (χ2n) is 5.38. The highest BCUT2D eigenvalue weighted by molar-refractivity contribution is 6.30. The molecule has 1 saturated heterocycles. The van der Waals surface area contributed by atoms with E-state index in [1.165, 1.54) is 11.3 Å². The van der Waals surface area contributed by atoms with Gasteiger partial charge in [0.15, 0.2) is 0 Å². The highest BCUT2D eigenvalue weighted by atomic mass is 35.5. The Morgan fingerprint density at radius 1 is 1.47 bits per heavy atom. The van der Waals surface area contributed by atoms with Gasteiger partial charge in [-0.2, -0.15) is 5.26 Å². The van der Waals surface area contributed by atoms with Gasteiger partial charge >= 0.3 is 0 Å². The molecule has 3 heteroatoms. The second-order valence-corrected chi connectivity index (χ2v) is 5.82. The molecule has 0 aliphatic carbocycles. The van der Waals surface area contributed by atoms with Crippen molar-refractivity contribution in [2.75, 3.05) is 11.4 Å². The summed E-state index contributed by atoms with van der Waals surface area (Å²) in [7, 11) is 0. The summed E-state index contributed by atoms with van der Waals surface area (Å²) in [4.78, 5) is 2.33. The molecule has 0 N–H and O–H groups in total. The van der Waals surface area contributed by atoms with E-state index in [0.717, 1.165) is 18.0 Å².